The highest BCUT2D eigenvalue weighted by Crippen LogP contribution is 2.41. The molecule has 1 aliphatic carbocycles. The average Bonchev–Trinajstić information content (AvgIpc) is 2.96. The van der Waals surface area contributed by atoms with Gasteiger partial charge in [-0.15, -0.1) is 0 Å². The van der Waals surface area contributed by atoms with Crippen molar-refractivity contribution < 1.29 is 63.5 Å². The van der Waals surface area contributed by atoms with Crippen molar-refractivity contribution in [2.75, 3.05) is 13.2 Å². The van der Waals surface area contributed by atoms with Gasteiger partial charge in [0.25, 0.3) is 0 Å². The number of ether oxygens (including phenoxy) is 4. The van der Waals surface area contributed by atoms with Crippen LogP contribution < -0.4 is 0 Å². The number of alkyl halides is 5. The fourth-order valence-electron chi connectivity index (χ4n) is 2.90. The predicted molar refractivity (Wildman–Crippen MR) is 80.0 cm³/mol. The third kappa shape index (κ3) is 5.73. The van der Waals surface area contributed by atoms with Crippen LogP contribution in [0.25, 0.3) is 0 Å². The summed E-state index contributed by atoms with van der Waals surface area (Å²) in [5.41, 5.74) is 0. The predicted octanol–water partition coefficient (Wildman–Crippen LogP) is 1.56. The third-order valence-corrected chi connectivity index (χ3v) is 5.01. The fourth-order valence-corrected chi connectivity index (χ4v) is 3.16. The van der Waals surface area contributed by atoms with Gasteiger partial charge in [-0.3, -0.25) is 9.35 Å². The Bertz CT molecular complexity index is 738. The van der Waals surface area contributed by atoms with E-state index in [1.54, 1.807) is 0 Å². The van der Waals surface area contributed by atoms with Crippen molar-refractivity contribution in [3.63, 3.8) is 0 Å². The van der Waals surface area contributed by atoms with Crippen molar-refractivity contribution in [2.45, 2.75) is 61.5 Å². The summed E-state index contributed by atoms with van der Waals surface area (Å²) in [4.78, 5) is 22.7. The molecule has 0 bridgehead atoms. The van der Waals surface area contributed by atoms with Gasteiger partial charge in [-0.2, -0.15) is 30.4 Å². The zero-order chi connectivity index (χ0) is 22.1. The maximum atomic E-state index is 13.4. The zero-order valence-electron chi connectivity index (χ0n) is 14.6. The summed E-state index contributed by atoms with van der Waals surface area (Å²) in [6.45, 7) is -0.930. The van der Waals surface area contributed by atoms with Gasteiger partial charge < -0.3 is 18.9 Å². The first kappa shape index (κ1) is 23.7. The number of rotatable bonds is 6. The minimum atomic E-state index is -6.07. The molecular formula is C14H17F5O9S. The van der Waals surface area contributed by atoms with Crippen LogP contribution >= 0.6 is 0 Å². The minimum absolute atomic E-state index is 0.0371. The second-order valence-corrected chi connectivity index (χ2v) is 7.93. The van der Waals surface area contributed by atoms with E-state index >= 15 is 0 Å². The fraction of sp³-hybridized carbons (Fsp3) is 0.857. The largest absolute Gasteiger partial charge is 0.465 e. The molecule has 15 heteroatoms. The van der Waals surface area contributed by atoms with E-state index in [-0.39, 0.29) is 19.4 Å². The number of halogens is 5. The highest BCUT2D eigenvalue weighted by Gasteiger charge is 2.58. The van der Waals surface area contributed by atoms with E-state index in [1.807, 2.05) is 0 Å². The van der Waals surface area contributed by atoms with Crippen LogP contribution in [-0.4, -0.2) is 67.5 Å². The summed E-state index contributed by atoms with van der Waals surface area (Å²) in [6, 6.07) is 0. The molecule has 3 unspecified atom stereocenters. The molecule has 0 aromatic carbocycles. The molecular weight excluding hydrogens is 439 g/mol. The molecule has 0 radical (unpaired) electrons. The molecule has 1 aliphatic heterocycles. The summed E-state index contributed by atoms with van der Waals surface area (Å²) in [5.74, 6) is -5.84. The molecule has 1 heterocycles. The molecule has 2 rings (SSSR count). The average molecular weight is 456 g/mol. The lowest BCUT2D eigenvalue weighted by Crippen LogP contribution is -2.51. The van der Waals surface area contributed by atoms with Gasteiger partial charge in [-0.1, -0.05) is 0 Å². The highest BCUT2D eigenvalue weighted by molar-refractivity contribution is 7.87. The Morgan fingerprint density at radius 3 is 2.41 bits per heavy atom. The Morgan fingerprint density at radius 2 is 1.83 bits per heavy atom. The maximum absolute atomic E-state index is 13.4. The summed E-state index contributed by atoms with van der Waals surface area (Å²) >= 11 is 0. The van der Waals surface area contributed by atoms with Crippen molar-refractivity contribution in [2.24, 2.45) is 0 Å². The standard InChI is InChI=1S/C14H17F5O9S/c15-13(16,17)5-10(20)25-6-8-7-26-12(28-8)4-2-1-3-9(12)27-11(21)14(18,19)29(22,23)24/h8-9H,1-7H2,(H,22,23,24). The van der Waals surface area contributed by atoms with Crippen molar-refractivity contribution in [3.05, 3.63) is 0 Å². The van der Waals surface area contributed by atoms with Gasteiger partial charge in [0.15, 0.2) is 6.10 Å². The number of hydrogen-bond acceptors (Lipinski definition) is 8. The van der Waals surface area contributed by atoms with Gasteiger partial charge in [-0.25, -0.2) is 4.79 Å². The molecule has 168 valence electrons. The van der Waals surface area contributed by atoms with Crippen LogP contribution in [0.3, 0.4) is 0 Å². The third-order valence-electron chi connectivity index (χ3n) is 4.20. The lowest BCUT2D eigenvalue weighted by Gasteiger charge is -2.39. The Balaban J connectivity index is 2.00. The maximum Gasteiger partial charge on any atom is 0.465 e. The Morgan fingerprint density at radius 1 is 1.17 bits per heavy atom. The zero-order valence-corrected chi connectivity index (χ0v) is 15.4. The van der Waals surface area contributed by atoms with Gasteiger partial charge in [0.05, 0.1) is 6.61 Å². The molecule has 1 N–H and O–H groups in total. The van der Waals surface area contributed by atoms with E-state index in [1.165, 1.54) is 0 Å². The molecule has 0 aromatic rings. The van der Waals surface area contributed by atoms with Crippen LogP contribution in [0.15, 0.2) is 0 Å². The molecule has 1 saturated carbocycles. The van der Waals surface area contributed by atoms with Gasteiger partial charge in [0.2, 0.25) is 5.79 Å². The summed E-state index contributed by atoms with van der Waals surface area (Å²) in [5, 5.41) is -5.21. The van der Waals surface area contributed by atoms with E-state index in [0.717, 1.165) is 0 Å². The van der Waals surface area contributed by atoms with E-state index in [9.17, 15) is 40.0 Å². The van der Waals surface area contributed by atoms with Crippen LogP contribution in [0.2, 0.25) is 0 Å². The smallest absolute Gasteiger partial charge is 0.463 e. The van der Waals surface area contributed by atoms with Crippen LogP contribution in [0.4, 0.5) is 22.0 Å². The minimum Gasteiger partial charge on any atom is -0.463 e. The molecule has 3 atom stereocenters. The number of hydrogen-bond donors (Lipinski definition) is 1. The first-order valence-corrected chi connectivity index (χ1v) is 9.70. The van der Waals surface area contributed by atoms with Gasteiger partial charge in [0, 0.05) is 6.42 Å². The molecule has 29 heavy (non-hydrogen) atoms. The number of carbonyl (C=O) groups is 2. The first-order valence-electron chi connectivity index (χ1n) is 8.26. The molecule has 0 amide bonds. The number of carbonyl (C=O) groups excluding carboxylic acids is 2. The molecule has 0 aromatic heterocycles. The lowest BCUT2D eigenvalue weighted by molar-refractivity contribution is -0.258. The molecule has 9 nitrogen and oxygen atoms in total. The summed E-state index contributed by atoms with van der Waals surface area (Å²) in [6.07, 6.45) is -8.29. The van der Waals surface area contributed by atoms with E-state index in [0.29, 0.717) is 12.8 Å². The van der Waals surface area contributed by atoms with Crippen LogP contribution in [-0.2, 0) is 38.7 Å². The molecule has 1 spiro atoms. The Labute approximate surface area is 161 Å². The Hall–Kier alpha value is -1.58. The second kappa shape index (κ2) is 8.28. The monoisotopic (exact) mass is 456 g/mol. The SMILES string of the molecule is O=C(CC(F)(F)F)OCC1COC2(CCCCC2OC(=O)C(F)(F)S(=O)(=O)O)O1. The van der Waals surface area contributed by atoms with Crippen molar-refractivity contribution >= 4 is 22.1 Å². The van der Waals surface area contributed by atoms with E-state index < -0.39 is 64.5 Å². The van der Waals surface area contributed by atoms with E-state index in [2.05, 4.69) is 9.47 Å². The van der Waals surface area contributed by atoms with Crippen molar-refractivity contribution in [1.29, 1.82) is 0 Å². The second-order valence-electron chi connectivity index (χ2n) is 6.47. The molecule has 2 aliphatic rings. The first-order chi connectivity index (χ1) is 13.2. The van der Waals surface area contributed by atoms with Gasteiger partial charge >= 0.3 is 33.5 Å². The van der Waals surface area contributed by atoms with Gasteiger partial charge in [0.1, 0.15) is 19.1 Å². The van der Waals surface area contributed by atoms with Crippen LogP contribution in [0.5, 0.6) is 0 Å². The normalized spacial score (nSPS) is 28.3. The highest BCUT2D eigenvalue weighted by atomic mass is 32.2. The van der Waals surface area contributed by atoms with Gasteiger partial charge in [-0.05, 0) is 19.3 Å². The number of esters is 2. The summed E-state index contributed by atoms with van der Waals surface area (Å²) < 4.78 is 113. The Kier molecular flexibility index (Phi) is 6.76. The lowest BCUT2D eigenvalue weighted by atomic mass is 9.91. The van der Waals surface area contributed by atoms with Crippen LogP contribution in [0, 0.1) is 0 Å². The quantitative estimate of drug-likeness (QED) is 0.360. The summed E-state index contributed by atoms with van der Waals surface area (Å²) in [7, 11) is -6.07. The van der Waals surface area contributed by atoms with Crippen molar-refractivity contribution in [1.82, 2.24) is 0 Å². The molecule has 1 saturated heterocycles. The van der Waals surface area contributed by atoms with Crippen molar-refractivity contribution in [3.8, 4) is 0 Å². The molecule has 2 fully saturated rings. The van der Waals surface area contributed by atoms with E-state index in [4.69, 9.17) is 14.0 Å². The van der Waals surface area contributed by atoms with Crippen LogP contribution in [0.1, 0.15) is 32.1 Å². The topological polar surface area (TPSA) is 125 Å².